The first-order valence-corrected chi connectivity index (χ1v) is 4.61. The molecule has 1 aromatic carbocycles. The Morgan fingerprint density at radius 1 is 1.31 bits per heavy atom. The van der Waals surface area contributed by atoms with Gasteiger partial charge in [0.1, 0.15) is 0 Å². The summed E-state index contributed by atoms with van der Waals surface area (Å²) in [6.07, 6.45) is 0. The van der Waals surface area contributed by atoms with Crippen LogP contribution >= 0.6 is 0 Å². The van der Waals surface area contributed by atoms with E-state index in [0.29, 0.717) is 0 Å². The number of aryl methyl sites for hydroxylation is 1. The smallest absolute Gasteiger partial charge is 0.240 e. The summed E-state index contributed by atoms with van der Waals surface area (Å²) in [6, 6.07) is 2.85. The average molecular weight is 225 g/mol. The van der Waals surface area contributed by atoms with Gasteiger partial charge < -0.3 is 10.3 Å². The van der Waals surface area contributed by atoms with Crippen molar-refractivity contribution in [2.24, 2.45) is 5.73 Å². The summed E-state index contributed by atoms with van der Waals surface area (Å²) in [7, 11) is 0. The van der Waals surface area contributed by atoms with Crippen molar-refractivity contribution < 1.29 is 13.3 Å². The molecule has 4 nitrogen and oxygen atoms in total. The molecule has 0 aliphatic rings. The predicted molar refractivity (Wildman–Crippen MR) is 52.3 cm³/mol. The van der Waals surface area contributed by atoms with Crippen molar-refractivity contribution in [3.05, 3.63) is 35.2 Å². The summed E-state index contributed by atoms with van der Waals surface area (Å²) in [6.45, 7) is 1.53. The van der Waals surface area contributed by atoms with Gasteiger partial charge in [-0.25, -0.2) is 8.78 Å². The first kappa shape index (κ1) is 10.7. The molecule has 0 bridgehead atoms. The van der Waals surface area contributed by atoms with Crippen molar-refractivity contribution in [1.29, 1.82) is 0 Å². The molecule has 0 radical (unpaired) electrons. The Hall–Kier alpha value is -1.82. The summed E-state index contributed by atoms with van der Waals surface area (Å²) in [5.41, 5.74) is 5.46. The summed E-state index contributed by atoms with van der Waals surface area (Å²) in [5.74, 6) is -1.71. The lowest BCUT2D eigenvalue weighted by atomic mass is 10.1. The molecular weight excluding hydrogens is 216 g/mol. The average Bonchev–Trinajstić information content (AvgIpc) is 2.74. The minimum absolute atomic E-state index is 0.00292. The van der Waals surface area contributed by atoms with Crippen molar-refractivity contribution in [3.63, 3.8) is 0 Å². The van der Waals surface area contributed by atoms with Crippen LogP contribution < -0.4 is 5.73 Å². The van der Waals surface area contributed by atoms with Crippen molar-refractivity contribution >= 4 is 0 Å². The number of nitrogens with two attached hydrogens (primary N) is 1. The molecule has 0 saturated carbocycles. The molecule has 6 heteroatoms. The van der Waals surface area contributed by atoms with Crippen LogP contribution in [0.15, 0.2) is 16.7 Å². The zero-order chi connectivity index (χ0) is 11.7. The second kappa shape index (κ2) is 3.97. The highest BCUT2D eigenvalue weighted by atomic mass is 19.2. The van der Waals surface area contributed by atoms with Crippen LogP contribution in [0.4, 0.5) is 8.78 Å². The third-order valence-corrected chi connectivity index (χ3v) is 2.16. The van der Waals surface area contributed by atoms with E-state index in [0.717, 1.165) is 0 Å². The highest BCUT2D eigenvalue weighted by Crippen LogP contribution is 2.23. The molecule has 2 N–H and O–H groups in total. The lowest BCUT2D eigenvalue weighted by Gasteiger charge is -2.01. The second-order valence-electron chi connectivity index (χ2n) is 3.27. The molecule has 1 heterocycles. The standard InChI is InChI=1S/C10H9F2N3O/c1-5-2-3-6(9(12)8(5)11)10-14-7(4-13)16-15-10/h2-3H,4,13H2,1H3. The zero-order valence-electron chi connectivity index (χ0n) is 8.50. The van der Waals surface area contributed by atoms with Gasteiger partial charge in [0.15, 0.2) is 11.6 Å². The number of aromatic nitrogens is 2. The van der Waals surface area contributed by atoms with Crippen LogP contribution in [0.3, 0.4) is 0 Å². The maximum Gasteiger partial charge on any atom is 0.240 e. The molecule has 16 heavy (non-hydrogen) atoms. The predicted octanol–water partition coefficient (Wildman–Crippen LogP) is 1.78. The second-order valence-corrected chi connectivity index (χ2v) is 3.27. The number of nitrogens with zero attached hydrogens (tertiary/aromatic N) is 2. The number of hydrogen-bond acceptors (Lipinski definition) is 4. The zero-order valence-corrected chi connectivity index (χ0v) is 8.50. The third kappa shape index (κ3) is 1.67. The minimum Gasteiger partial charge on any atom is -0.338 e. The molecule has 2 rings (SSSR count). The van der Waals surface area contributed by atoms with Crippen molar-refractivity contribution in [2.45, 2.75) is 13.5 Å². The van der Waals surface area contributed by atoms with Crippen LogP contribution in [-0.4, -0.2) is 10.1 Å². The summed E-state index contributed by atoms with van der Waals surface area (Å²) >= 11 is 0. The largest absolute Gasteiger partial charge is 0.338 e. The fourth-order valence-corrected chi connectivity index (χ4v) is 1.27. The van der Waals surface area contributed by atoms with Crippen LogP contribution in [0.25, 0.3) is 11.4 Å². The van der Waals surface area contributed by atoms with Gasteiger partial charge in [0.25, 0.3) is 0 Å². The first-order chi connectivity index (χ1) is 7.63. The van der Waals surface area contributed by atoms with Crippen molar-refractivity contribution in [2.75, 3.05) is 0 Å². The lowest BCUT2D eigenvalue weighted by Crippen LogP contribution is -1.97. The topological polar surface area (TPSA) is 64.9 Å². The summed E-state index contributed by atoms with van der Waals surface area (Å²) in [5, 5.41) is 3.52. The van der Waals surface area contributed by atoms with Crippen LogP contribution in [0.5, 0.6) is 0 Å². The highest BCUT2D eigenvalue weighted by molar-refractivity contribution is 5.56. The number of rotatable bonds is 2. The summed E-state index contributed by atoms with van der Waals surface area (Å²) in [4.78, 5) is 3.82. The molecule has 0 saturated heterocycles. The number of hydrogen-bond donors (Lipinski definition) is 1. The van der Waals surface area contributed by atoms with E-state index >= 15 is 0 Å². The van der Waals surface area contributed by atoms with Crippen LogP contribution in [0, 0.1) is 18.6 Å². The summed E-state index contributed by atoms with van der Waals surface area (Å²) < 4.78 is 31.5. The Bertz CT molecular complexity index is 525. The Kier molecular flexibility index (Phi) is 2.66. The molecular formula is C10H9F2N3O. The fourth-order valence-electron chi connectivity index (χ4n) is 1.27. The molecule has 0 aliphatic heterocycles. The Morgan fingerprint density at radius 2 is 2.06 bits per heavy atom. The van der Waals surface area contributed by atoms with Gasteiger partial charge in [-0.3, -0.25) is 0 Å². The van der Waals surface area contributed by atoms with E-state index in [1.807, 2.05) is 0 Å². The quantitative estimate of drug-likeness (QED) is 0.846. The van der Waals surface area contributed by atoms with Crippen molar-refractivity contribution in [3.8, 4) is 11.4 Å². The van der Waals surface area contributed by atoms with Crippen LogP contribution in [0.2, 0.25) is 0 Å². The lowest BCUT2D eigenvalue weighted by molar-refractivity contribution is 0.380. The maximum atomic E-state index is 13.5. The van der Waals surface area contributed by atoms with E-state index < -0.39 is 11.6 Å². The molecule has 0 atom stereocenters. The molecule has 0 aliphatic carbocycles. The van der Waals surface area contributed by atoms with Crippen LogP contribution in [-0.2, 0) is 6.54 Å². The van der Waals surface area contributed by atoms with Gasteiger partial charge in [-0.05, 0) is 18.6 Å². The van der Waals surface area contributed by atoms with E-state index in [9.17, 15) is 8.78 Å². The van der Waals surface area contributed by atoms with E-state index in [4.69, 9.17) is 10.3 Å². The fraction of sp³-hybridized carbons (Fsp3) is 0.200. The SMILES string of the molecule is Cc1ccc(-c2noc(CN)n2)c(F)c1F. The number of halogens is 2. The molecule has 84 valence electrons. The van der Waals surface area contributed by atoms with Crippen molar-refractivity contribution in [1.82, 2.24) is 10.1 Å². The number of benzene rings is 1. The Balaban J connectivity index is 2.52. The van der Waals surface area contributed by atoms with E-state index in [1.165, 1.54) is 19.1 Å². The molecule has 0 unspecified atom stereocenters. The molecule has 2 aromatic rings. The molecule has 0 fully saturated rings. The van der Waals surface area contributed by atoms with Gasteiger partial charge >= 0.3 is 0 Å². The normalized spacial score (nSPS) is 10.8. The van der Waals surface area contributed by atoms with Gasteiger partial charge in [0, 0.05) is 0 Å². The van der Waals surface area contributed by atoms with Gasteiger partial charge in [0.2, 0.25) is 11.7 Å². The van der Waals surface area contributed by atoms with E-state index in [-0.39, 0.29) is 29.4 Å². The first-order valence-electron chi connectivity index (χ1n) is 4.61. The Morgan fingerprint density at radius 3 is 2.69 bits per heavy atom. The highest BCUT2D eigenvalue weighted by Gasteiger charge is 2.16. The maximum absolute atomic E-state index is 13.5. The van der Waals surface area contributed by atoms with Crippen LogP contribution in [0.1, 0.15) is 11.5 Å². The van der Waals surface area contributed by atoms with E-state index in [2.05, 4.69) is 10.1 Å². The van der Waals surface area contributed by atoms with E-state index in [1.54, 1.807) is 0 Å². The van der Waals surface area contributed by atoms with Gasteiger partial charge in [-0.1, -0.05) is 11.2 Å². The minimum atomic E-state index is -0.982. The molecule has 0 spiro atoms. The monoisotopic (exact) mass is 225 g/mol. The Labute approximate surface area is 90.1 Å². The van der Waals surface area contributed by atoms with Gasteiger partial charge in [-0.2, -0.15) is 4.98 Å². The third-order valence-electron chi connectivity index (χ3n) is 2.16. The van der Waals surface area contributed by atoms with Gasteiger partial charge in [-0.15, -0.1) is 0 Å². The molecule has 1 aromatic heterocycles. The van der Waals surface area contributed by atoms with Gasteiger partial charge in [0.05, 0.1) is 12.1 Å². The molecule has 0 amide bonds.